The molecule has 0 spiro atoms. The van der Waals surface area contributed by atoms with E-state index in [1.54, 1.807) is 13.0 Å². The molecular formula is C22H19F3N2O5. The fourth-order valence-electron chi connectivity index (χ4n) is 3.23. The van der Waals surface area contributed by atoms with Crippen LogP contribution in [0.15, 0.2) is 42.5 Å². The molecule has 1 aliphatic heterocycles. The van der Waals surface area contributed by atoms with Crippen molar-refractivity contribution in [1.29, 1.82) is 0 Å². The van der Waals surface area contributed by atoms with Crippen LogP contribution < -0.4 is 5.32 Å². The molecule has 0 fully saturated rings. The monoisotopic (exact) mass is 448 g/mol. The number of hydrogen-bond acceptors (Lipinski definition) is 5. The zero-order valence-electron chi connectivity index (χ0n) is 17.3. The minimum atomic E-state index is -4.69. The molecule has 1 heterocycles. The number of hydrogen-bond donors (Lipinski definition) is 1. The highest BCUT2D eigenvalue weighted by Crippen LogP contribution is 2.34. The van der Waals surface area contributed by atoms with Crippen LogP contribution in [0.25, 0.3) is 0 Å². The van der Waals surface area contributed by atoms with Crippen LogP contribution in [0.5, 0.6) is 0 Å². The van der Waals surface area contributed by atoms with Crippen molar-refractivity contribution in [1.82, 2.24) is 4.90 Å². The lowest BCUT2D eigenvalue weighted by atomic mass is 10.1. The van der Waals surface area contributed by atoms with E-state index in [2.05, 4.69) is 5.32 Å². The quantitative estimate of drug-likeness (QED) is 0.558. The van der Waals surface area contributed by atoms with Gasteiger partial charge in [-0.3, -0.25) is 19.3 Å². The number of imide groups is 1. The Morgan fingerprint density at radius 2 is 1.62 bits per heavy atom. The molecule has 3 amide bonds. The molecule has 2 aromatic carbocycles. The van der Waals surface area contributed by atoms with Crippen LogP contribution in [-0.4, -0.2) is 40.7 Å². The average molecular weight is 448 g/mol. The van der Waals surface area contributed by atoms with Crippen molar-refractivity contribution in [3.05, 3.63) is 64.7 Å². The van der Waals surface area contributed by atoms with E-state index in [9.17, 15) is 32.3 Å². The fourth-order valence-corrected chi connectivity index (χ4v) is 3.23. The highest BCUT2D eigenvalue weighted by Gasteiger charge is 2.42. The lowest BCUT2D eigenvalue weighted by Gasteiger charge is -2.23. The largest absolute Gasteiger partial charge is 0.451 e. The summed E-state index contributed by atoms with van der Waals surface area (Å²) in [5, 5.41) is 2.08. The molecule has 3 rings (SSSR count). The van der Waals surface area contributed by atoms with E-state index in [0.29, 0.717) is 0 Å². The molecule has 7 nitrogen and oxygen atoms in total. The first kappa shape index (κ1) is 23.0. The van der Waals surface area contributed by atoms with Gasteiger partial charge in [0.2, 0.25) is 0 Å². The first-order chi connectivity index (χ1) is 14.9. The van der Waals surface area contributed by atoms with Crippen LogP contribution in [-0.2, 0) is 20.5 Å². The first-order valence-electron chi connectivity index (χ1n) is 9.58. The number of nitrogens with zero attached hydrogens (tertiary/aromatic N) is 1. The smallest absolute Gasteiger partial charge is 0.418 e. The molecule has 32 heavy (non-hydrogen) atoms. The van der Waals surface area contributed by atoms with E-state index in [4.69, 9.17) is 4.74 Å². The Morgan fingerprint density at radius 3 is 2.28 bits per heavy atom. The zero-order valence-corrected chi connectivity index (χ0v) is 17.3. The number of alkyl halides is 3. The second kappa shape index (κ2) is 8.45. The molecule has 10 heteroatoms. The predicted molar refractivity (Wildman–Crippen MR) is 107 cm³/mol. The number of amides is 3. The molecule has 2 aromatic rings. The third kappa shape index (κ3) is 4.34. The van der Waals surface area contributed by atoms with Gasteiger partial charge in [-0.05, 0) is 45.0 Å². The molecular weight excluding hydrogens is 429 g/mol. The van der Waals surface area contributed by atoms with Gasteiger partial charge in [0.15, 0.2) is 6.10 Å². The maximum atomic E-state index is 13.1. The summed E-state index contributed by atoms with van der Waals surface area (Å²) in [6, 6.07) is 7.68. The highest BCUT2D eigenvalue weighted by atomic mass is 19.4. The number of aryl methyl sites for hydroxylation is 1. The number of esters is 1. The van der Waals surface area contributed by atoms with Gasteiger partial charge in [-0.2, -0.15) is 13.2 Å². The number of para-hydroxylation sites is 1. The van der Waals surface area contributed by atoms with Crippen molar-refractivity contribution in [2.75, 3.05) is 5.32 Å². The number of benzene rings is 2. The van der Waals surface area contributed by atoms with E-state index < -0.39 is 53.3 Å². The van der Waals surface area contributed by atoms with Gasteiger partial charge in [0.25, 0.3) is 17.7 Å². The number of ether oxygens (including phenoxy) is 1. The van der Waals surface area contributed by atoms with Crippen LogP contribution in [0.2, 0.25) is 0 Å². The third-order valence-electron chi connectivity index (χ3n) is 4.95. The minimum absolute atomic E-state index is 0.148. The van der Waals surface area contributed by atoms with E-state index in [0.717, 1.165) is 22.6 Å². The Labute approximate surface area is 181 Å². The topological polar surface area (TPSA) is 92.8 Å². The van der Waals surface area contributed by atoms with Crippen LogP contribution in [0, 0.1) is 6.92 Å². The molecule has 168 valence electrons. The lowest BCUT2D eigenvalue weighted by Crippen LogP contribution is -2.45. The summed E-state index contributed by atoms with van der Waals surface area (Å²) in [5.41, 5.74) is -0.483. The minimum Gasteiger partial charge on any atom is -0.451 e. The zero-order chi connectivity index (χ0) is 23.8. The summed E-state index contributed by atoms with van der Waals surface area (Å²) in [6.07, 6.45) is -6.18. The molecule has 0 aromatic heterocycles. The number of anilines is 1. The summed E-state index contributed by atoms with van der Waals surface area (Å²) in [4.78, 5) is 50.7. The molecule has 1 N–H and O–H groups in total. The highest BCUT2D eigenvalue weighted by molar-refractivity contribution is 6.22. The lowest BCUT2D eigenvalue weighted by molar-refractivity contribution is -0.156. The van der Waals surface area contributed by atoms with Gasteiger partial charge < -0.3 is 10.1 Å². The van der Waals surface area contributed by atoms with Gasteiger partial charge in [0, 0.05) is 0 Å². The first-order valence-corrected chi connectivity index (χ1v) is 9.58. The normalized spacial score (nSPS) is 15.2. The Kier molecular flexibility index (Phi) is 6.07. The van der Waals surface area contributed by atoms with Crippen molar-refractivity contribution in [2.24, 2.45) is 0 Å². The van der Waals surface area contributed by atoms with Crippen LogP contribution >= 0.6 is 0 Å². The maximum absolute atomic E-state index is 13.1. The van der Waals surface area contributed by atoms with Crippen LogP contribution in [0.1, 0.15) is 45.7 Å². The van der Waals surface area contributed by atoms with E-state index in [1.807, 2.05) is 0 Å². The van der Waals surface area contributed by atoms with Gasteiger partial charge in [-0.15, -0.1) is 0 Å². The number of nitrogens with one attached hydrogen (secondary N) is 1. The van der Waals surface area contributed by atoms with Gasteiger partial charge in [-0.25, -0.2) is 4.79 Å². The van der Waals surface area contributed by atoms with Gasteiger partial charge in [-0.1, -0.05) is 23.8 Å². The van der Waals surface area contributed by atoms with Gasteiger partial charge >= 0.3 is 12.1 Å². The Balaban J connectivity index is 1.69. The molecule has 0 radical (unpaired) electrons. The summed E-state index contributed by atoms with van der Waals surface area (Å²) in [7, 11) is 0. The number of carbonyl (C=O) groups excluding carboxylic acids is 4. The van der Waals surface area contributed by atoms with E-state index in [1.165, 1.54) is 38.1 Å². The third-order valence-corrected chi connectivity index (χ3v) is 4.95. The number of rotatable bonds is 5. The van der Waals surface area contributed by atoms with E-state index >= 15 is 0 Å². The Bertz CT molecular complexity index is 1110. The standard InChI is InChI=1S/C22H19F3N2O5/c1-11-8-9-14-15(10-11)20(30)27(19(14)29)12(2)21(31)32-13(3)18(28)26-17-7-5-4-6-16(17)22(23,24)25/h4-10,12-13H,1-3H3,(H,26,28). The van der Waals surface area contributed by atoms with Crippen LogP contribution in [0.3, 0.4) is 0 Å². The number of carbonyl (C=O) groups is 4. The maximum Gasteiger partial charge on any atom is 0.418 e. The summed E-state index contributed by atoms with van der Waals surface area (Å²) in [5.74, 6) is -3.40. The summed E-state index contributed by atoms with van der Waals surface area (Å²) >= 11 is 0. The Morgan fingerprint density at radius 1 is 1.00 bits per heavy atom. The van der Waals surface area contributed by atoms with Crippen molar-refractivity contribution in [3.63, 3.8) is 0 Å². The van der Waals surface area contributed by atoms with E-state index in [-0.39, 0.29) is 11.1 Å². The van der Waals surface area contributed by atoms with Crippen molar-refractivity contribution in [3.8, 4) is 0 Å². The summed E-state index contributed by atoms with van der Waals surface area (Å²) in [6.45, 7) is 4.18. The van der Waals surface area contributed by atoms with Gasteiger partial charge in [0.05, 0.1) is 22.4 Å². The number of halogens is 3. The van der Waals surface area contributed by atoms with Gasteiger partial charge in [0.1, 0.15) is 6.04 Å². The summed E-state index contributed by atoms with van der Waals surface area (Å²) < 4.78 is 44.3. The van der Waals surface area contributed by atoms with Crippen molar-refractivity contribution >= 4 is 29.4 Å². The molecule has 1 aliphatic rings. The molecule has 0 aliphatic carbocycles. The molecule has 2 unspecified atom stereocenters. The van der Waals surface area contributed by atoms with Crippen molar-refractivity contribution in [2.45, 2.75) is 39.1 Å². The molecule has 0 saturated carbocycles. The fraction of sp³-hybridized carbons (Fsp3) is 0.273. The second-order valence-electron chi connectivity index (χ2n) is 7.32. The van der Waals surface area contributed by atoms with Crippen molar-refractivity contribution < 1.29 is 37.1 Å². The Hall–Kier alpha value is -3.69. The predicted octanol–water partition coefficient (Wildman–Crippen LogP) is 3.57. The second-order valence-corrected chi connectivity index (χ2v) is 7.32. The average Bonchev–Trinajstić information content (AvgIpc) is 2.96. The molecule has 0 saturated heterocycles. The van der Waals surface area contributed by atoms with Crippen LogP contribution in [0.4, 0.5) is 18.9 Å². The number of fused-ring (bicyclic) bond motifs is 1. The SMILES string of the molecule is Cc1ccc2c(c1)C(=O)N(C(C)C(=O)OC(C)C(=O)Nc1ccccc1C(F)(F)F)C2=O. The molecule has 2 atom stereocenters. The molecule has 0 bridgehead atoms.